The maximum Gasteiger partial charge on any atom is 0.250 e. The fourth-order valence-corrected chi connectivity index (χ4v) is 6.50. The first-order valence-electron chi connectivity index (χ1n) is 14.4. The molecule has 0 N–H and O–H groups in total. The second-order valence-corrected chi connectivity index (χ2v) is 17.2. The molecule has 2 aliphatic rings. The molecule has 6 heteroatoms. The Kier molecular flexibility index (Phi) is 10.7. The van der Waals surface area contributed by atoms with Crippen molar-refractivity contribution in [2.45, 2.75) is 116 Å². The molecule has 2 heterocycles. The molecule has 2 aliphatic heterocycles. The first-order valence-corrected chi connectivity index (χ1v) is 17.3. The number of hydrogen-bond acceptors (Lipinski definition) is 4. The Hall–Kier alpha value is -1.11. The van der Waals surface area contributed by atoms with Crippen LogP contribution in [-0.4, -0.2) is 52.8 Å². The lowest BCUT2D eigenvalue weighted by atomic mass is 9.80. The number of nitrogens with zero attached hydrogens (tertiary/aromatic N) is 1. The predicted octanol–water partition coefficient (Wildman–Crippen LogP) is 8.10. The lowest BCUT2D eigenvalue weighted by Gasteiger charge is -2.47. The van der Waals surface area contributed by atoms with E-state index in [4.69, 9.17) is 13.9 Å². The minimum absolute atomic E-state index is 0.125. The second-order valence-electron chi connectivity index (χ2n) is 12.5. The van der Waals surface area contributed by atoms with Gasteiger partial charge in [0.15, 0.2) is 5.75 Å². The molecule has 36 heavy (non-hydrogen) atoms. The Morgan fingerprint density at radius 2 is 1.81 bits per heavy atom. The molecule has 1 saturated heterocycles. The quantitative estimate of drug-likeness (QED) is 0.194. The molecule has 3 atom stereocenters. The molecule has 0 aliphatic carbocycles. The lowest BCUT2D eigenvalue weighted by Crippen LogP contribution is -2.49. The summed E-state index contributed by atoms with van der Waals surface area (Å²) in [6.07, 6.45) is 9.85. The summed E-state index contributed by atoms with van der Waals surface area (Å²) in [7, 11) is -0.239. The van der Waals surface area contributed by atoms with Crippen molar-refractivity contribution >= 4 is 8.32 Å². The second kappa shape index (κ2) is 13.1. The molecule has 1 aromatic rings. The Morgan fingerprint density at radius 3 is 2.47 bits per heavy atom. The van der Waals surface area contributed by atoms with Gasteiger partial charge in [0.25, 0.3) is 8.32 Å². The molecule has 1 fully saturated rings. The monoisotopic (exact) mass is 521 g/mol. The van der Waals surface area contributed by atoms with Crippen LogP contribution < -0.4 is 9.16 Å². The molecule has 206 valence electrons. The minimum atomic E-state index is -2.00. The number of fused-ring (bicyclic) bond motifs is 3. The molecule has 0 amide bonds. The predicted molar refractivity (Wildman–Crippen MR) is 151 cm³/mol. The molecular weight excluding hydrogens is 469 g/mol. The Bertz CT molecular complexity index is 825. The van der Waals surface area contributed by atoms with Crippen LogP contribution in [0.3, 0.4) is 0 Å². The van der Waals surface area contributed by atoms with Gasteiger partial charge in [0.1, 0.15) is 5.75 Å². The first-order chi connectivity index (χ1) is 17.1. The summed E-state index contributed by atoms with van der Waals surface area (Å²) >= 11 is 0. The summed E-state index contributed by atoms with van der Waals surface area (Å²) in [6, 6.07) is 4.90. The van der Waals surface area contributed by atoms with Gasteiger partial charge in [0.2, 0.25) is 0 Å². The summed E-state index contributed by atoms with van der Waals surface area (Å²) in [5.74, 6) is 2.36. The summed E-state index contributed by atoms with van der Waals surface area (Å²) < 4.78 is 31.6. The molecule has 3 rings (SSSR count). The summed E-state index contributed by atoms with van der Waals surface area (Å²) in [5, 5.41) is 0.125. The van der Waals surface area contributed by atoms with Gasteiger partial charge >= 0.3 is 0 Å². The molecular formula is C30H52FNO3Si. The number of alkyl halides is 1. The lowest BCUT2D eigenvalue weighted by molar-refractivity contribution is -0.0621. The number of unbranched alkanes of at least 4 members (excludes halogenated alkanes) is 4. The van der Waals surface area contributed by atoms with Crippen molar-refractivity contribution in [1.82, 2.24) is 4.90 Å². The van der Waals surface area contributed by atoms with E-state index >= 15 is 0 Å². The highest BCUT2D eigenvalue weighted by molar-refractivity contribution is 6.74. The van der Waals surface area contributed by atoms with Crippen LogP contribution in [0, 0.1) is 5.92 Å². The van der Waals surface area contributed by atoms with Crippen LogP contribution >= 0.6 is 0 Å². The van der Waals surface area contributed by atoms with Gasteiger partial charge in [-0.2, -0.15) is 0 Å². The molecule has 0 radical (unpaired) electrons. The van der Waals surface area contributed by atoms with Gasteiger partial charge in [-0.3, -0.25) is 9.29 Å². The third-order valence-corrected chi connectivity index (χ3v) is 13.1. The average Bonchev–Trinajstić information content (AvgIpc) is 2.83. The summed E-state index contributed by atoms with van der Waals surface area (Å²) in [6.45, 7) is 16.5. The molecule has 1 aromatic carbocycles. The molecule has 0 aromatic heterocycles. The Balaban J connectivity index is 1.81. The molecule has 0 spiro atoms. The van der Waals surface area contributed by atoms with Crippen LogP contribution in [0.15, 0.2) is 12.1 Å². The van der Waals surface area contributed by atoms with Crippen molar-refractivity contribution in [3.05, 3.63) is 23.3 Å². The van der Waals surface area contributed by atoms with E-state index < -0.39 is 8.32 Å². The van der Waals surface area contributed by atoms with E-state index in [-0.39, 0.29) is 17.8 Å². The largest absolute Gasteiger partial charge is 0.541 e. The zero-order valence-corrected chi connectivity index (χ0v) is 25.1. The fourth-order valence-electron chi connectivity index (χ4n) is 5.49. The summed E-state index contributed by atoms with van der Waals surface area (Å²) in [4.78, 5) is 2.70. The van der Waals surface area contributed by atoms with E-state index in [0.717, 1.165) is 63.3 Å². The van der Waals surface area contributed by atoms with Gasteiger partial charge < -0.3 is 13.9 Å². The van der Waals surface area contributed by atoms with E-state index in [0.29, 0.717) is 18.4 Å². The highest BCUT2D eigenvalue weighted by Crippen LogP contribution is 2.46. The molecule has 0 bridgehead atoms. The van der Waals surface area contributed by atoms with Gasteiger partial charge in [0.05, 0.1) is 19.9 Å². The van der Waals surface area contributed by atoms with Crippen LogP contribution in [0.5, 0.6) is 11.5 Å². The van der Waals surface area contributed by atoms with Crippen molar-refractivity contribution in [2.75, 3.05) is 33.5 Å². The van der Waals surface area contributed by atoms with E-state index in [9.17, 15) is 4.39 Å². The van der Waals surface area contributed by atoms with Crippen LogP contribution in [0.1, 0.15) is 96.2 Å². The number of benzene rings is 1. The number of rotatable bonds is 13. The van der Waals surface area contributed by atoms with E-state index in [1.807, 2.05) is 0 Å². The number of piperidine rings is 1. The van der Waals surface area contributed by atoms with Gasteiger partial charge in [-0.15, -0.1) is 0 Å². The van der Waals surface area contributed by atoms with Crippen LogP contribution in [0.4, 0.5) is 4.39 Å². The maximum atomic E-state index is 12.4. The van der Waals surface area contributed by atoms with Crippen molar-refractivity contribution in [2.24, 2.45) is 5.92 Å². The van der Waals surface area contributed by atoms with Crippen LogP contribution in [-0.2, 0) is 11.2 Å². The maximum absolute atomic E-state index is 12.4. The van der Waals surface area contributed by atoms with Gasteiger partial charge in [-0.25, -0.2) is 0 Å². The first kappa shape index (κ1) is 29.4. The van der Waals surface area contributed by atoms with Crippen molar-refractivity contribution in [3.63, 3.8) is 0 Å². The number of halogens is 1. The van der Waals surface area contributed by atoms with Crippen molar-refractivity contribution < 1.29 is 18.3 Å². The smallest absolute Gasteiger partial charge is 0.250 e. The van der Waals surface area contributed by atoms with Crippen LogP contribution in [0.2, 0.25) is 18.1 Å². The minimum Gasteiger partial charge on any atom is -0.541 e. The standard InChI is InChI=1S/C30H52FNO3Si/c1-8-9-14-24-22-32-17-15-23-19-28(33-5)29(35-36(6,7)30(2,3)4)20-25(23)26(32)21-27(24)34-18-13-11-10-12-16-31/h19-20,24,26-27H,8-18,21-22H2,1-7H3/t24-,26-,27-/m0/s1. The SMILES string of the molecule is CCCC[C@H]1CN2CCc3cc(OC)c(O[Si](C)(C)C(C)(C)C)cc3[C@@H]2C[C@@H]1OCCCCCCF. The van der Waals surface area contributed by atoms with E-state index in [1.165, 1.54) is 30.4 Å². The van der Waals surface area contributed by atoms with Crippen LogP contribution in [0.25, 0.3) is 0 Å². The Morgan fingerprint density at radius 1 is 1.06 bits per heavy atom. The third-order valence-electron chi connectivity index (χ3n) is 8.80. The Labute approximate surface area is 221 Å². The third kappa shape index (κ3) is 7.26. The highest BCUT2D eigenvalue weighted by atomic mass is 28.4. The zero-order chi connectivity index (χ0) is 26.3. The highest BCUT2D eigenvalue weighted by Gasteiger charge is 2.42. The average molecular weight is 522 g/mol. The number of methoxy groups -OCH3 is 1. The fraction of sp³-hybridized carbons (Fsp3) is 0.800. The van der Waals surface area contributed by atoms with Gasteiger partial charge in [0, 0.05) is 25.7 Å². The normalized spacial score (nSPS) is 22.7. The summed E-state index contributed by atoms with van der Waals surface area (Å²) in [5.41, 5.74) is 2.80. The van der Waals surface area contributed by atoms with Gasteiger partial charge in [-0.1, -0.05) is 53.4 Å². The van der Waals surface area contributed by atoms with E-state index in [2.05, 4.69) is 57.8 Å². The zero-order valence-electron chi connectivity index (χ0n) is 24.1. The number of ether oxygens (including phenoxy) is 2. The van der Waals surface area contributed by atoms with Crippen molar-refractivity contribution in [3.8, 4) is 11.5 Å². The van der Waals surface area contributed by atoms with Crippen molar-refractivity contribution in [1.29, 1.82) is 0 Å². The van der Waals surface area contributed by atoms with E-state index in [1.54, 1.807) is 7.11 Å². The van der Waals surface area contributed by atoms with Gasteiger partial charge in [-0.05, 0) is 79.4 Å². The topological polar surface area (TPSA) is 30.9 Å². The molecule has 0 saturated carbocycles. The number of hydrogen-bond donors (Lipinski definition) is 0. The molecule has 4 nitrogen and oxygen atoms in total. The molecule has 0 unspecified atom stereocenters.